The third-order valence-electron chi connectivity index (χ3n) is 4.73. The maximum Gasteiger partial charge on any atom is 0.216 e. The van der Waals surface area contributed by atoms with Crippen molar-refractivity contribution in [3.8, 4) is 5.75 Å². The minimum atomic E-state index is -3.27. The van der Waals surface area contributed by atoms with E-state index in [4.69, 9.17) is 4.74 Å². The molecule has 1 saturated heterocycles. The highest BCUT2D eigenvalue weighted by molar-refractivity contribution is 7.90. The van der Waals surface area contributed by atoms with E-state index in [9.17, 15) is 18.3 Å². The molecule has 2 N–H and O–H groups in total. The van der Waals surface area contributed by atoms with Crippen molar-refractivity contribution in [3.05, 3.63) is 29.8 Å². The Hall–Kier alpha value is -1.48. The third kappa shape index (κ3) is 5.26. The van der Waals surface area contributed by atoms with E-state index in [1.165, 1.54) is 6.92 Å². The molecule has 8 heteroatoms. The molecule has 1 aliphatic heterocycles. The van der Waals surface area contributed by atoms with Crippen molar-refractivity contribution in [1.29, 1.82) is 0 Å². The van der Waals surface area contributed by atoms with Crippen molar-refractivity contribution in [2.45, 2.75) is 43.6 Å². The summed E-state index contributed by atoms with van der Waals surface area (Å²) in [6.07, 6.45) is 1.71. The number of carbonyl (C=O) groups excluding carboxylic acids is 1. The number of aliphatic hydroxyl groups excluding tert-OH is 1. The summed E-state index contributed by atoms with van der Waals surface area (Å²) in [4.78, 5) is 13.3. The number of ether oxygens (including phenoxy) is 1. The maximum atomic E-state index is 12.3. The highest BCUT2D eigenvalue weighted by Crippen LogP contribution is 2.23. The molecule has 0 bridgehead atoms. The predicted molar refractivity (Wildman–Crippen MR) is 97.9 cm³/mol. The summed E-state index contributed by atoms with van der Waals surface area (Å²) in [5.41, 5.74) is 0.563. The summed E-state index contributed by atoms with van der Waals surface area (Å²) in [6, 6.07) is 6.96. The Balaban J connectivity index is 1.44. The number of nitrogens with one attached hydrogen (secondary N) is 1. The van der Waals surface area contributed by atoms with E-state index >= 15 is 0 Å². The Morgan fingerprint density at radius 1 is 1.38 bits per heavy atom. The zero-order valence-corrected chi connectivity index (χ0v) is 15.7. The molecule has 2 fully saturated rings. The fourth-order valence-corrected chi connectivity index (χ4v) is 4.81. The monoisotopic (exact) mass is 382 g/mol. The number of Topliss-reactive ketones (excluding diaryl/α,β-unsaturated/α-hetero) is 1. The molecule has 1 aromatic carbocycles. The van der Waals surface area contributed by atoms with Gasteiger partial charge in [-0.1, -0.05) is 12.1 Å². The van der Waals surface area contributed by atoms with E-state index in [1.54, 1.807) is 24.3 Å². The topological polar surface area (TPSA) is 95.9 Å². The molecule has 144 valence electrons. The lowest BCUT2D eigenvalue weighted by atomic mass is 10.1. The molecule has 1 heterocycles. The second kappa shape index (κ2) is 8.04. The van der Waals surface area contributed by atoms with Crippen LogP contribution in [0, 0.1) is 0 Å². The number of aliphatic hydroxyl groups is 1. The number of ketones is 1. The van der Waals surface area contributed by atoms with Gasteiger partial charge in [-0.3, -0.25) is 9.69 Å². The van der Waals surface area contributed by atoms with Crippen LogP contribution in [-0.4, -0.2) is 67.8 Å². The van der Waals surface area contributed by atoms with Gasteiger partial charge >= 0.3 is 0 Å². The predicted octanol–water partition coefficient (Wildman–Crippen LogP) is 0.785. The lowest BCUT2D eigenvalue weighted by Crippen LogP contribution is -2.39. The van der Waals surface area contributed by atoms with Gasteiger partial charge in [0.05, 0.1) is 5.25 Å². The van der Waals surface area contributed by atoms with Crippen molar-refractivity contribution >= 4 is 15.8 Å². The lowest BCUT2D eigenvalue weighted by molar-refractivity contribution is 0.0758. The van der Waals surface area contributed by atoms with Gasteiger partial charge in [0.15, 0.2) is 5.78 Å². The number of sulfonamides is 1. The average molecular weight is 382 g/mol. The molecule has 0 unspecified atom stereocenters. The quantitative estimate of drug-likeness (QED) is 0.613. The SMILES string of the molecule is CC(=O)c1cccc(OC[C@H](O)CN2CC[C@H](S(=O)(=O)NC3CC3)C2)c1. The summed E-state index contributed by atoms with van der Waals surface area (Å²) in [6.45, 7) is 3.02. The number of hydrogen-bond donors (Lipinski definition) is 2. The Morgan fingerprint density at radius 3 is 2.85 bits per heavy atom. The molecule has 0 aromatic heterocycles. The molecule has 0 amide bonds. The van der Waals surface area contributed by atoms with Gasteiger partial charge in [0.2, 0.25) is 10.0 Å². The van der Waals surface area contributed by atoms with Crippen LogP contribution in [-0.2, 0) is 10.0 Å². The number of carbonyl (C=O) groups is 1. The van der Waals surface area contributed by atoms with Gasteiger partial charge < -0.3 is 9.84 Å². The van der Waals surface area contributed by atoms with Gasteiger partial charge in [-0.05, 0) is 44.9 Å². The van der Waals surface area contributed by atoms with E-state index in [0.29, 0.717) is 37.4 Å². The lowest BCUT2D eigenvalue weighted by Gasteiger charge is -2.20. The molecule has 26 heavy (non-hydrogen) atoms. The third-order valence-corrected chi connectivity index (χ3v) is 6.65. The number of hydrogen-bond acceptors (Lipinski definition) is 6. The fraction of sp³-hybridized carbons (Fsp3) is 0.611. The molecule has 1 aromatic rings. The molecule has 2 atom stereocenters. The minimum Gasteiger partial charge on any atom is -0.491 e. The minimum absolute atomic E-state index is 0.0416. The van der Waals surface area contributed by atoms with E-state index in [1.807, 2.05) is 4.90 Å². The Morgan fingerprint density at radius 2 is 2.15 bits per heavy atom. The number of benzene rings is 1. The van der Waals surface area contributed by atoms with Crippen LogP contribution in [0.15, 0.2) is 24.3 Å². The first-order chi connectivity index (χ1) is 12.3. The number of rotatable bonds is 9. The molecule has 1 aliphatic carbocycles. The first kappa shape index (κ1) is 19.3. The summed E-state index contributed by atoms with van der Waals surface area (Å²) >= 11 is 0. The smallest absolute Gasteiger partial charge is 0.216 e. The Bertz CT molecular complexity index is 748. The average Bonchev–Trinajstić information content (AvgIpc) is 3.26. The molecular weight excluding hydrogens is 356 g/mol. The number of β-amino-alcohol motifs (C(OH)–C–C–N with tert-alkyl or cyclic N) is 1. The standard InChI is InChI=1S/C18H26N2O5S/c1-13(21)14-3-2-4-17(9-14)25-12-16(22)10-20-8-7-18(11-20)26(23,24)19-15-5-6-15/h2-4,9,15-16,18-19,22H,5-8,10-12H2,1H3/t16-,18+/m1/s1. The van der Waals surface area contributed by atoms with E-state index in [2.05, 4.69) is 4.72 Å². The van der Waals surface area contributed by atoms with Crippen LogP contribution < -0.4 is 9.46 Å². The van der Waals surface area contributed by atoms with Crippen LogP contribution in [0.2, 0.25) is 0 Å². The van der Waals surface area contributed by atoms with Crippen molar-refractivity contribution in [3.63, 3.8) is 0 Å². The van der Waals surface area contributed by atoms with Crippen molar-refractivity contribution in [2.24, 2.45) is 0 Å². The van der Waals surface area contributed by atoms with Gasteiger partial charge in [0.25, 0.3) is 0 Å². The van der Waals surface area contributed by atoms with Gasteiger partial charge in [-0.2, -0.15) is 0 Å². The summed E-state index contributed by atoms with van der Waals surface area (Å²) in [5.74, 6) is 0.493. The summed E-state index contributed by atoms with van der Waals surface area (Å²) in [5, 5.41) is 9.78. The molecule has 7 nitrogen and oxygen atoms in total. The molecule has 0 radical (unpaired) electrons. The van der Waals surface area contributed by atoms with Crippen molar-refractivity contribution in [2.75, 3.05) is 26.2 Å². The van der Waals surface area contributed by atoms with Crippen LogP contribution in [0.1, 0.15) is 36.5 Å². The fourth-order valence-electron chi connectivity index (χ4n) is 3.09. The van der Waals surface area contributed by atoms with Crippen molar-refractivity contribution < 1.29 is 23.1 Å². The van der Waals surface area contributed by atoms with Gasteiger partial charge in [-0.15, -0.1) is 0 Å². The first-order valence-electron chi connectivity index (χ1n) is 8.99. The van der Waals surface area contributed by atoms with Crippen LogP contribution in [0.3, 0.4) is 0 Å². The number of likely N-dealkylation sites (tertiary alicyclic amines) is 1. The van der Waals surface area contributed by atoms with Crippen LogP contribution in [0.4, 0.5) is 0 Å². The van der Waals surface area contributed by atoms with Gasteiger partial charge in [0.1, 0.15) is 18.5 Å². The molecule has 2 aliphatic rings. The molecule has 3 rings (SSSR count). The van der Waals surface area contributed by atoms with E-state index in [0.717, 1.165) is 12.8 Å². The zero-order valence-electron chi connectivity index (χ0n) is 14.9. The Kier molecular flexibility index (Phi) is 5.96. The first-order valence-corrected chi connectivity index (χ1v) is 10.5. The second-order valence-electron chi connectivity index (χ2n) is 7.16. The van der Waals surface area contributed by atoms with Crippen LogP contribution in [0.5, 0.6) is 5.75 Å². The van der Waals surface area contributed by atoms with E-state index < -0.39 is 21.4 Å². The second-order valence-corrected chi connectivity index (χ2v) is 9.15. The maximum absolute atomic E-state index is 12.3. The zero-order chi connectivity index (χ0) is 18.7. The molecule has 1 saturated carbocycles. The van der Waals surface area contributed by atoms with Crippen LogP contribution in [0.25, 0.3) is 0 Å². The highest BCUT2D eigenvalue weighted by atomic mass is 32.2. The normalized spacial score (nSPS) is 22.3. The Labute approximate surface area is 154 Å². The largest absolute Gasteiger partial charge is 0.491 e. The highest BCUT2D eigenvalue weighted by Gasteiger charge is 2.37. The molecule has 0 spiro atoms. The summed E-state index contributed by atoms with van der Waals surface area (Å²) < 4.78 is 32.8. The van der Waals surface area contributed by atoms with Crippen LogP contribution >= 0.6 is 0 Å². The molecular formula is C18H26N2O5S. The van der Waals surface area contributed by atoms with E-state index in [-0.39, 0.29) is 18.4 Å². The van der Waals surface area contributed by atoms with Gasteiger partial charge in [0, 0.05) is 24.7 Å². The van der Waals surface area contributed by atoms with Crippen molar-refractivity contribution in [1.82, 2.24) is 9.62 Å². The summed E-state index contributed by atoms with van der Waals surface area (Å²) in [7, 11) is -3.27. The number of nitrogens with zero attached hydrogens (tertiary/aromatic N) is 1. The van der Waals surface area contributed by atoms with Gasteiger partial charge in [-0.25, -0.2) is 13.1 Å².